The molecule has 0 aromatic carbocycles. The minimum atomic E-state index is -0.926. The highest BCUT2D eigenvalue weighted by Crippen LogP contribution is 1.97. The monoisotopic (exact) mass is 197 g/mol. The molecule has 4 nitrogen and oxygen atoms in total. The Morgan fingerprint density at radius 2 is 2.36 bits per heavy atom. The minimum absolute atomic E-state index is 0.0383. The zero-order chi connectivity index (χ0) is 8.69. The Labute approximate surface area is 74.9 Å². The number of aliphatic hydroxyl groups excluding tert-OH is 1. The highest BCUT2D eigenvalue weighted by atomic mass is 32.2. The molecule has 0 bridgehead atoms. The third kappa shape index (κ3) is 5.37. The van der Waals surface area contributed by atoms with Crippen LogP contribution in [-0.4, -0.2) is 40.3 Å². The van der Waals surface area contributed by atoms with Crippen LogP contribution in [0.5, 0.6) is 0 Å². The lowest BCUT2D eigenvalue weighted by atomic mass is 10.4. The fourth-order valence-electron chi connectivity index (χ4n) is 0.371. The van der Waals surface area contributed by atoms with Gasteiger partial charge in [0.2, 0.25) is 0 Å². The van der Waals surface area contributed by atoms with Crippen molar-refractivity contribution in [2.45, 2.75) is 6.04 Å². The molecule has 11 heavy (non-hydrogen) atoms. The van der Waals surface area contributed by atoms with E-state index in [9.17, 15) is 4.79 Å². The van der Waals surface area contributed by atoms with E-state index in [0.717, 1.165) is 0 Å². The summed E-state index contributed by atoms with van der Waals surface area (Å²) in [6.07, 6.45) is 0. The number of carboxylic acids is 1. The van der Waals surface area contributed by atoms with Crippen LogP contribution in [-0.2, 0) is 4.79 Å². The van der Waals surface area contributed by atoms with E-state index in [1.165, 1.54) is 11.9 Å². The van der Waals surface area contributed by atoms with Crippen LogP contribution in [0.1, 0.15) is 0 Å². The predicted octanol–water partition coefficient (Wildman–Crippen LogP) is -0.401. The van der Waals surface area contributed by atoms with Crippen LogP contribution in [0.15, 0.2) is 0 Å². The van der Waals surface area contributed by atoms with Gasteiger partial charge in [-0.25, -0.2) is 4.72 Å². The molecule has 1 atom stereocenters. The van der Waals surface area contributed by atoms with Gasteiger partial charge in [-0.15, -0.1) is 0 Å². The average molecular weight is 197 g/mol. The zero-order valence-corrected chi connectivity index (χ0v) is 7.57. The van der Waals surface area contributed by atoms with E-state index in [1.807, 2.05) is 0 Å². The molecule has 0 fully saturated rings. The van der Waals surface area contributed by atoms with Crippen LogP contribution in [0, 0.1) is 0 Å². The third-order valence-electron chi connectivity index (χ3n) is 0.900. The molecule has 0 radical (unpaired) electrons. The van der Waals surface area contributed by atoms with Gasteiger partial charge in [0.25, 0.3) is 0 Å². The first-order valence-corrected chi connectivity index (χ1v) is 4.66. The van der Waals surface area contributed by atoms with Crippen molar-refractivity contribution in [3.63, 3.8) is 0 Å². The first-order valence-electron chi connectivity index (χ1n) is 3.04. The summed E-state index contributed by atoms with van der Waals surface area (Å²) in [7, 11) is 0. The van der Waals surface area contributed by atoms with E-state index < -0.39 is 12.0 Å². The molecule has 0 aliphatic heterocycles. The summed E-state index contributed by atoms with van der Waals surface area (Å²) >= 11 is 5.02. The molecule has 0 saturated heterocycles. The Kier molecular flexibility index (Phi) is 6.83. The van der Waals surface area contributed by atoms with Gasteiger partial charge in [0.05, 0.1) is 6.61 Å². The van der Waals surface area contributed by atoms with Gasteiger partial charge in [-0.1, -0.05) is 11.9 Å². The van der Waals surface area contributed by atoms with Crippen molar-refractivity contribution in [2.75, 3.05) is 18.1 Å². The number of carboxylic acid groups (broad SMARTS) is 1. The Hall–Kier alpha value is 0.0900. The lowest BCUT2D eigenvalue weighted by molar-refractivity contribution is -0.138. The molecule has 0 unspecified atom stereocenters. The van der Waals surface area contributed by atoms with Crippen LogP contribution in [0.25, 0.3) is 0 Å². The molecule has 0 rings (SSSR count). The molecule has 66 valence electrons. The molecule has 0 amide bonds. The van der Waals surface area contributed by atoms with Gasteiger partial charge in [-0.05, 0) is 0 Å². The van der Waals surface area contributed by atoms with Crippen LogP contribution < -0.4 is 4.72 Å². The lowest BCUT2D eigenvalue weighted by Crippen LogP contribution is -2.34. The van der Waals surface area contributed by atoms with E-state index in [0.29, 0.717) is 5.75 Å². The van der Waals surface area contributed by atoms with Crippen molar-refractivity contribution in [2.24, 2.45) is 0 Å². The minimum Gasteiger partial charge on any atom is -0.480 e. The van der Waals surface area contributed by atoms with E-state index >= 15 is 0 Å². The van der Waals surface area contributed by atoms with Crippen molar-refractivity contribution in [1.29, 1.82) is 0 Å². The number of thiol groups is 1. The standard InChI is InChI=1S/C5H11NO3S2/c7-1-2-11-6-4(3-10)5(8)9/h4,6-7,10H,1-3H2,(H,8,9)/t4-/m1/s1. The van der Waals surface area contributed by atoms with E-state index in [1.54, 1.807) is 0 Å². The lowest BCUT2D eigenvalue weighted by Gasteiger charge is -2.09. The normalized spacial score (nSPS) is 12.9. The van der Waals surface area contributed by atoms with Gasteiger partial charge < -0.3 is 10.2 Å². The topological polar surface area (TPSA) is 69.6 Å². The number of hydrogen-bond donors (Lipinski definition) is 4. The Morgan fingerprint density at radius 3 is 2.73 bits per heavy atom. The Morgan fingerprint density at radius 1 is 1.73 bits per heavy atom. The van der Waals surface area contributed by atoms with Gasteiger partial charge in [0.15, 0.2) is 0 Å². The van der Waals surface area contributed by atoms with E-state index in [-0.39, 0.29) is 12.4 Å². The molecule has 0 heterocycles. The first kappa shape index (κ1) is 11.1. The van der Waals surface area contributed by atoms with Crippen molar-refractivity contribution in [3.8, 4) is 0 Å². The highest BCUT2D eigenvalue weighted by molar-refractivity contribution is 7.97. The molecular formula is C5H11NO3S2. The molecule has 0 aliphatic rings. The second kappa shape index (κ2) is 6.78. The summed E-state index contributed by atoms with van der Waals surface area (Å²) in [5.74, 6) is -0.198. The third-order valence-corrected chi connectivity index (χ3v) is 2.10. The van der Waals surface area contributed by atoms with Crippen molar-refractivity contribution < 1.29 is 15.0 Å². The van der Waals surface area contributed by atoms with Gasteiger partial charge in [-0.2, -0.15) is 12.6 Å². The maximum atomic E-state index is 10.3. The molecule has 3 N–H and O–H groups in total. The van der Waals surface area contributed by atoms with Gasteiger partial charge in [-0.3, -0.25) is 4.79 Å². The van der Waals surface area contributed by atoms with Gasteiger partial charge >= 0.3 is 5.97 Å². The number of aliphatic hydroxyl groups is 1. The molecule has 6 heteroatoms. The predicted molar refractivity (Wildman–Crippen MR) is 48.0 cm³/mol. The van der Waals surface area contributed by atoms with Gasteiger partial charge in [0, 0.05) is 11.5 Å². The summed E-state index contributed by atoms with van der Waals surface area (Å²) < 4.78 is 2.65. The van der Waals surface area contributed by atoms with Crippen molar-refractivity contribution in [3.05, 3.63) is 0 Å². The van der Waals surface area contributed by atoms with Crippen LogP contribution in [0.3, 0.4) is 0 Å². The molecule has 0 spiro atoms. The van der Waals surface area contributed by atoms with Crippen molar-refractivity contribution in [1.82, 2.24) is 4.72 Å². The molecule has 0 aromatic heterocycles. The zero-order valence-electron chi connectivity index (χ0n) is 5.86. The van der Waals surface area contributed by atoms with Crippen LogP contribution >= 0.6 is 24.6 Å². The SMILES string of the molecule is O=C(O)[C@@H](CS)NSCCO. The second-order valence-corrected chi connectivity index (χ2v) is 3.06. The summed E-state index contributed by atoms with van der Waals surface area (Å²) in [5.41, 5.74) is 0. The quantitative estimate of drug-likeness (QED) is 0.265. The molecule has 0 aromatic rings. The van der Waals surface area contributed by atoms with Gasteiger partial charge in [0.1, 0.15) is 6.04 Å². The van der Waals surface area contributed by atoms with E-state index in [2.05, 4.69) is 17.4 Å². The molecular weight excluding hydrogens is 186 g/mol. The number of carbonyl (C=O) groups is 1. The fraction of sp³-hybridized carbons (Fsp3) is 0.800. The summed E-state index contributed by atoms with van der Waals surface area (Å²) in [4.78, 5) is 10.3. The Balaban J connectivity index is 3.44. The fourth-order valence-corrected chi connectivity index (χ4v) is 1.34. The summed E-state index contributed by atoms with van der Waals surface area (Å²) in [6.45, 7) is 0.0383. The van der Waals surface area contributed by atoms with E-state index in [4.69, 9.17) is 10.2 Å². The number of aliphatic carboxylic acids is 1. The average Bonchev–Trinajstić information content (AvgIpc) is 1.97. The number of hydrogen-bond acceptors (Lipinski definition) is 5. The first-order chi connectivity index (χ1) is 5.22. The second-order valence-electron chi connectivity index (χ2n) is 1.76. The number of rotatable bonds is 6. The van der Waals surface area contributed by atoms with Crippen LogP contribution in [0.2, 0.25) is 0 Å². The maximum absolute atomic E-state index is 10.3. The van der Waals surface area contributed by atoms with Crippen LogP contribution in [0.4, 0.5) is 0 Å². The molecule has 0 aliphatic carbocycles. The number of nitrogens with one attached hydrogen (secondary N) is 1. The molecule has 0 saturated carbocycles. The largest absolute Gasteiger partial charge is 0.480 e. The highest BCUT2D eigenvalue weighted by Gasteiger charge is 2.13. The maximum Gasteiger partial charge on any atom is 0.322 e. The Bertz CT molecular complexity index is 122. The van der Waals surface area contributed by atoms with Crippen molar-refractivity contribution >= 4 is 30.5 Å². The summed E-state index contributed by atoms with van der Waals surface area (Å²) in [5, 5.41) is 16.8. The summed E-state index contributed by atoms with van der Waals surface area (Å²) in [6, 6.07) is -0.644. The smallest absolute Gasteiger partial charge is 0.322 e.